The summed E-state index contributed by atoms with van der Waals surface area (Å²) in [5.41, 5.74) is 2.71. The smallest absolute Gasteiger partial charge is 0.246 e. The third-order valence-electron chi connectivity index (χ3n) is 5.38. The molecular formula is C24H31N3O4S. The van der Waals surface area contributed by atoms with E-state index in [9.17, 15) is 13.2 Å². The minimum atomic E-state index is -3.73. The third-order valence-corrected chi connectivity index (χ3v) is 7.45. The number of rotatable bonds is 11. The van der Waals surface area contributed by atoms with Gasteiger partial charge in [0.2, 0.25) is 15.9 Å². The molecule has 32 heavy (non-hydrogen) atoms. The number of fused-ring (bicyclic) bond motifs is 1. The van der Waals surface area contributed by atoms with E-state index in [1.165, 1.54) is 21.3 Å². The summed E-state index contributed by atoms with van der Waals surface area (Å²) in [5.74, 6) is 0.136. The Morgan fingerprint density at radius 3 is 2.56 bits per heavy atom. The molecule has 0 radical (unpaired) electrons. The molecule has 0 aliphatic rings. The van der Waals surface area contributed by atoms with Crippen LogP contribution in [0.3, 0.4) is 0 Å². The van der Waals surface area contributed by atoms with E-state index < -0.39 is 10.0 Å². The molecular weight excluding hydrogens is 426 g/mol. The van der Waals surface area contributed by atoms with Crippen LogP contribution in [0.25, 0.3) is 10.9 Å². The Hall–Kier alpha value is -2.84. The van der Waals surface area contributed by atoms with Gasteiger partial charge < -0.3 is 15.0 Å². The Morgan fingerprint density at radius 2 is 1.84 bits per heavy atom. The average Bonchev–Trinajstić information content (AvgIpc) is 3.19. The first-order chi connectivity index (χ1) is 15.4. The van der Waals surface area contributed by atoms with Gasteiger partial charge in [-0.3, -0.25) is 4.79 Å². The quantitative estimate of drug-likeness (QED) is 0.442. The monoisotopic (exact) mass is 457 g/mol. The molecule has 0 saturated carbocycles. The standard InChI is InChI=1S/C24H31N3O4S/c1-4-27(5-2)32(29,30)23-16-19(14-15-22(23)31-6-3)26-24(28)13-9-10-18-17-25-21-12-8-7-11-20(18)21/h7-8,11-12,14-17,25H,4-6,9-10,13H2,1-3H3,(H,26,28). The molecule has 0 bridgehead atoms. The van der Waals surface area contributed by atoms with Crippen molar-refractivity contribution in [1.82, 2.24) is 9.29 Å². The van der Waals surface area contributed by atoms with Crippen LogP contribution in [0.4, 0.5) is 5.69 Å². The number of aromatic nitrogens is 1. The number of H-pyrrole nitrogens is 1. The average molecular weight is 458 g/mol. The van der Waals surface area contributed by atoms with Crippen LogP contribution in [0, 0.1) is 0 Å². The van der Waals surface area contributed by atoms with Crippen LogP contribution in [0.2, 0.25) is 0 Å². The van der Waals surface area contributed by atoms with Crippen molar-refractivity contribution in [2.24, 2.45) is 0 Å². The predicted molar refractivity (Wildman–Crippen MR) is 128 cm³/mol. The predicted octanol–water partition coefficient (Wildman–Crippen LogP) is 4.56. The van der Waals surface area contributed by atoms with Gasteiger partial charge in [-0.25, -0.2) is 8.42 Å². The largest absolute Gasteiger partial charge is 0.492 e. The highest BCUT2D eigenvalue weighted by atomic mass is 32.2. The molecule has 0 atom stereocenters. The second-order valence-electron chi connectivity index (χ2n) is 7.45. The summed E-state index contributed by atoms with van der Waals surface area (Å²) < 4.78 is 33.1. The van der Waals surface area contributed by atoms with Gasteiger partial charge in [0.1, 0.15) is 10.6 Å². The fourth-order valence-electron chi connectivity index (χ4n) is 3.77. The molecule has 0 aliphatic carbocycles. The number of nitrogens with zero attached hydrogens (tertiary/aromatic N) is 1. The van der Waals surface area contributed by atoms with E-state index in [4.69, 9.17) is 4.74 Å². The van der Waals surface area contributed by atoms with E-state index in [1.807, 2.05) is 24.4 Å². The zero-order valence-electron chi connectivity index (χ0n) is 18.8. The summed E-state index contributed by atoms with van der Waals surface area (Å²) in [4.78, 5) is 15.8. The lowest BCUT2D eigenvalue weighted by molar-refractivity contribution is -0.116. The topological polar surface area (TPSA) is 91.5 Å². The second kappa shape index (κ2) is 10.7. The fraction of sp³-hybridized carbons (Fsp3) is 0.375. The molecule has 1 heterocycles. The van der Waals surface area contributed by atoms with E-state index >= 15 is 0 Å². The van der Waals surface area contributed by atoms with Crippen LogP contribution >= 0.6 is 0 Å². The Bertz CT molecular complexity index is 1170. The maximum atomic E-state index is 13.1. The number of sulfonamides is 1. The van der Waals surface area contributed by atoms with Crippen molar-refractivity contribution in [3.63, 3.8) is 0 Å². The van der Waals surface area contributed by atoms with E-state index in [-0.39, 0.29) is 16.6 Å². The van der Waals surface area contributed by atoms with E-state index in [1.54, 1.807) is 32.9 Å². The number of benzene rings is 2. The lowest BCUT2D eigenvalue weighted by Gasteiger charge is -2.21. The van der Waals surface area contributed by atoms with Gasteiger partial charge in [-0.05, 0) is 49.6 Å². The van der Waals surface area contributed by atoms with Gasteiger partial charge in [0.05, 0.1) is 6.61 Å². The summed E-state index contributed by atoms with van der Waals surface area (Å²) in [5, 5.41) is 4.00. The number of para-hydroxylation sites is 1. The van der Waals surface area contributed by atoms with E-state index in [0.29, 0.717) is 38.2 Å². The summed E-state index contributed by atoms with van der Waals surface area (Å²) in [6.07, 6.45) is 3.79. The normalized spacial score (nSPS) is 11.8. The summed E-state index contributed by atoms with van der Waals surface area (Å²) in [7, 11) is -3.73. The number of carbonyl (C=O) groups is 1. The number of carbonyl (C=O) groups excluding carboxylic acids is 1. The molecule has 172 valence electrons. The van der Waals surface area contributed by atoms with Crippen molar-refractivity contribution in [3.8, 4) is 5.75 Å². The summed E-state index contributed by atoms with van der Waals surface area (Å²) in [6, 6.07) is 12.8. The van der Waals surface area contributed by atoms with Crippen molar-refractivity contribution < 1.29 is 17.9 Å². The lowest BCUT2D eigenvalue weighted by atomic mass is 10.1. The first-order valence-corrected chi connectivity index (χ1v) is 12.5. The highest BCUT2D eigenvalue weighted by Gasteiger charge is 2.26. The number of anilines is 1. The second-order valence-corrected chi connectivity index (χ2v) is 9.35. The van der Waals surface area contributed by atoms with Crippen LogP contribution in [-0.2, 0) is 21.2 Å². The van der Waals surface area contributed by atoms with Crippen molar-refractivity contribution >= 4 is 32.5 Å². The molecule has 3 aromatic rings. The van der Waals surface area contributed by atoms with E-state index in [0.717, 1.165) is 11.9 Å². The van der Waals surface area contributed by atoms with Gasteiger partial charge >= 0.3 is 0 Å². The number of aryl methyl sites for hydroxylation is 1. The van der Waals surface area contributed by atoms with Crippen LogP contribution < -0.4 is 10.1 Å². The van der Waals surface area contributed by atoms with Crippen LogP contribution in [-0.4, -0.2) is 43.3 Å². The number of hydrogen-bond donors (Lipinski definition) is 2. The van der Waals surface area contributed by atoms with Gasteiger partial charge in [0.15, 0.2) is 0 Å². The van der Waals surface area contributed by atoms with Crippen LogP contribution in [0.15, 0.2) is 53.6 Å². The zero-order valence-corrected chi connectivity index (χ0v) is 19.7. The first kappa shape index (κ1) is 23.8. The van der Waals surface area contributed by atoms with Gasteiger partial charge in [0, 0.05) is 42.3 Å². The van der Waals surface area contributed by atoms with Crippen LogP contribution in [0.1, 0.15) is 39.2 Å². The van der Waals surface area contributed by atoms with Crippen molar-refractivity contribution in [1.29, 1.82) is 0 Å². The van der Waals surface area contributed by atoms with Gasteiger partial charge in [-0.2, -0.15) is 4.31 Å². The number of nitrogens with one attached hydrogen (secondary N) is 2. The zero-order chi connectivity index (χ0) is 23.1. The molecule has 0 fully saturated rings. The molecule has 0 saturated heterocycles. The van der Waals surface area contributed by atoms with Crippen molar-refractivity contribution in [2.45, 2.75) is 44.9 Å². The number of hydrogen-bond acceptors (Lipinski definition) is 4. The fourth-order valence-corrected chi connectivity index (χ4v) is 5.38. The Morgan fingerprint density at radius 1 is 1.09 bits per heavy atom. The summed E-state index contributed by atoms with van der Waals surface area (Å²) in [6.45, 7) is 6.45. The SMILES string of the molecule is CCOc1ccc(NC(=O)CCCc2c[nH]c3ccccc23)cc1S(=O)(=O)N(CC)CC. The lowest BCUT2D eigenvalue weighted by Crippen LogP contribution is -2.31. The highest BCUT2D eigenvalue weighted by Crippen LogP contribution is 2.30. The van der Waals surface area contributed by atoms with Crippen molar-refractivity contribution in [3.05, 3.63) is 54.2 Å². The number of amides is 1. The van der Waals surface area contributed by atoms with Gasteiger partial charge in [0.25, 0.3) is 0 Å². The van der Waals surface area contributed by atoms with Crippen LogP contribution in [0.5, 0.6) is 5.75 Å². The van der Waals surface area contributed by atoms with Gasteiger partial charge in [-0.15, -0.1) is 0 Å². The molecule has 2 aromatic carbocycles. The molecule has 1 amide bonds. The van der Waals surface area contributed by atoms with Crippen molar-refractivity contribution in [2.75, 3.05) is 25.0 Å². The Balaban J connectivity index is 1.69. The molecule has 1 aromatic heterocycles. The number of ether oxygens (including phenoxy) is 1. The molecule has 2 N–H and O–H groups in total. The maximum Gasteiger partial charge on any atom is 0.246 e. The molecule has 0 unspecified atom stereocenters. The Kier molecular flexibility index (Phi) is 7.93. The minimum absolute atomic E-state index is 0.0691. The Labute approximate surface area is 189 Å². The summed E-state index contributed by atoms with van der Waals surface area (Å²) >= 11 is 0. The maximum absolute atomic E-state index is 13.1. The molecule has 8 heteroatoms. The van der Waals surface area contributed by atoms with E-state index in [2.05, 4.69) is 16.4 Å². The number of aromatic amines is 1. The molecule has 3 rings (SSSR count). The third kappa shape index (κ3) is 5.31. The molecule has 0 spiro atoms. The molecule has 0 aliphatic heterocycles. The molecule has 7 nitrogen and oxygen atoms in total. The first-order valence-electron chi connectivity index (χ1n) is 11.0. The highest BCUT2D eigenvalue weighted by molar-refractivity contribution is 7.89. The minimum Gasteiger partial charge on any atom is -0.492 e. The van der Waals surface area contributed by atoms with Gasteiger partial charge in [-0.1, -0.05) is 32.0 Å².